The molecule has 0 aliphatic carbocycles. The van der Waals surface area contributed by atoms with E-state index in [1.807, 2.05) is 0 Å². The maximum Gasteiger partial charge on any atom is 0.280 e. The Labute approximate surface area is 86.1 Å². The molecule has 1 aromatic carbocycles. The molecular formula is C10H8ClF2N. The van der Waals surface area contributed by atoms with Gasteiger partial charge in [0.15, 0.2) is 0 Å². The molecule has 1 nitrogen and oxygen atoms in total. The van der Waals surface area contributed by atoms with E-state index < -0.39 is 12.3 Å². The normalized spacial score (nSPS) is 11.0. The lowest BCUT2D eigenvalue weighted by Gasteiger charge is -2.13. The molecule has 0 N–H and O–H groups in total. The van der Waals surface area contributed by atoms with Crippen LogP contribution in [0.15, 0.2) is 24.3 Å². The summed E-state index contributed by atoms with van der Waals surface area (Å²) in [6.45, 7) is 6.27. The molecule has 0 amide bonds. The maximum atomic E-state index is 13.3. The van der Waals surface area contributed by atoms with Gasteiger partial charge in [-0.1, -0.05) is 23.7 Å². The van der Waals surface area contributed by atoms with Crippen molar-refractivity contribution in [3.63, 3.8) is 0 Å². The summed E-state index contributed by atoms with van der Waals surface area (Å²) in [6.07, 6.45) is -0.461. The molecule has 0 radical (unpaired) electrons. The second kappa shape index (κ2) is 4.39. The van der Waals surface area contributed by atoms with E-state index in [-0.39, 0.29) is 17.1 Å². The summed E-state index contributed by atoms with van der Waals surface area (Å²) < 4.78 is 26.6. The first kappa shape index (κ1) is 10.9. The fraction of sp³-hybridized carbons (Fsp3) is 0.300. The van der Waals surface area contributed by atoms with Crippen LogP contribution in [0.2, 0.25) is 5.02 Å². The first-order chi connectivity index (χ1) is 6.56. The number of hydrogen-bond acceptors (Lipinski definition) is 0. The second-order valence-corrected chi connectivity index (χ2v) is 3.28. The van der Waals surface area contributed by atoms with Crippen LogP contribution in [-0.2, 0) is 5.92 Å². The highest BCUT2D eigenvalue weighted by atomic mass is 35.5. The minimum absolute atomic E-state index is 0.131. The zero-order valence-electron chi connectivity index (χ0n) is 7.30. The Morgan fingerprint density at radius 1 is 1.43 bits per heavy atom. The quantitative estimate of drug-likeness (QED) is 0.677. The minimum Gasteiger partial charge on any atom is -0.317 e. The highest BCUT2D eigenvalue weighted by Gasteiger charge is 2.32. The molecule has 0 saturated carbocycles. The van der Waals surface area contributed by atoms with E-state index in [4.69, 9.17) is 18.2 Å². The van der Waals surface area contributed by atoms with Gasteiger partial charge in [-0.3, -0.25) is 0 Å². The minimum atomic E-state index is -2.96. The van der Waals surface area contributed by atoms with Gasteiger partial charge in [0.1, 0.15) is 0 Å². The Hall–Kier alpha value is -1.14. The highest BCUT2D eigenvalue weighted by Crippen LogP contribution is 2.32. The molecule has 0 atom stereocenters. The van der Waals surface area contributed by atoms with Gasteiger partial charge in [0.2, 0.25) is 6.54 Å². The predicted molar refractivity (Wildman–Crippen MR) is 51.4 cm³/mol. The van der Waals surface area contributed by atoms with Crippen molar-refractivity contribution in [1.29, 1.82) is 0 Å². The Morgan fingerprint density at radius 3 is 2.71 bits per heavy atom. The van der Waals surface area contributed by atoms with Gasteiger partial charge in [0.05, 0.1) is 6.42 Å². The van der Waals surface area contributed by atoms with E-state index in [1.165, 1.54) is 24.3 Å². The molecule has 0 unspecified atom stereocenters. The third-order valence-electron chi connectivity index (χ3n) is 1.78. The Morgan fingerprint density at radius 2 is 2.14 bits per heavy atom. The molecule has 0 aromatic heterocycles. The maximum absolute atomic E-state index is 13.3. The van der Waals surface area contributed by atoms with Crippen LogP contribution in [0.25, 0.3) is 4.85 Å². The summed E-state index contributed by atoms with van der Waals surface area (Å²) in [6, 6.07) is 5.56. The molecule has 4 heteroatoms. The van der Waals surface area contributed by atoms with Crippen molar-refractivity contribution in [2.45, 2.75) is 12.3 Å². The number of alkyl halides is 2. The third-order valence-corrected chi connectivity index (χ3v) is 2.02. The Bertz CT molecular complexity index is 357. The lowest BCUT2D eigenvalue weighted by Crippen LogP contribution is -2.14. The average Bonchev–Trinajstić information content (AvgIpc) is 2.15. The summed E-state index contributed by atoms with van der Waals surface area (Å²) in [5, 5.41) is 0.282. The van der Waals surface area contributed by atoms with E-state index in [0.717, 1.165) is 0 Å². The van der Waals surface area contributed by atoms with E-state index in [2.05, 4.69) is 4.85 Å². The number of nitrogens with zero attached hydrogens (tertiary/aromatic N) is 1. The SMILES string of the molecule is [C-]#[N+]CCC(F)(F)c1cccc(Cl)c1. The average molecular weight is 216 g/mol. The third kappa shape index (κ3) is 2.68. The lowest BCUT2D eigenvalue weighted by atomic mass is 10.1. The lowest BCUT2D eigenvalue weighted by molar-refractivity contribution is -0.00891. The van der Waals surface area contributed by atoms with Gasteiger partial charge in [-0.15, -0.1) is 0 Å². The molecular weight excluding hydrogens is 208 g/mol. The van der Waals surface area contributed by atoms with Crippen LogP contribution in [0.5, 0.6) is 0 Å². The van der Waals surface area contributed by atoms with Crippen molar-refractivity contribution < 1.29 is 8.78 Å². The summed E-state index contributed by atoms with van der Waals surface area (Å²) in [5.41, 5.74) is -0.131. The highest BCUT2D eigenvalue weighted by molar-refractivity contribution is 6.30. The number of halogens is 3. The van der Waals surface area contributed by atoms with E-state index in [1.54, 1.807) is 0 Å². The number of benzene rings is 1. The molecule has 74 valence electrons. The molecule has 1 aromatic rings. The van der Waals surface area contributed by atoms with E-state index in [9.17, 15) is 8.78 Å². The van der Waals surface area contributed by atoms with E-state index in [0.29, 0.717) is 0 Å². The summed E-state index contributed by atoms with van der Waals surface area (Å²) >= 11 is 5.59. The van der Waals surface area contributed by atoms with Gasteiger partial charge in [-0.2, -0.15) is 0 Å². The topological polar surface area (TPSA) is 4.36 Å². The predicted octanol–water partition coefficient (Wildman–Crippen LogP) is 3.74. The van der Waals surface area contributed by atoms with Crippen LogP contribution in [0.4, 0.5) is 8.78 Å². The molecule has 0 saturated heterocycles. The Kier molecular flexibility index (Phi) is 3.43. The van der Waals surface area contributed by atoms with Crippen molar-refractivity contribution >= 4 is 11.6 Å². The molecule has 0 aliphatic rings. The van der Waals surface area contributed by atoms with Gasteiger partial charge in [-0.25, -0.2) is 15.4 Å². The molecule has 0 aliphatic heterocycles. The van der Waals surface area contributed by atoms with E-state index >= 15 is 0 Å². The standard InChI is InChI=1S/C10H8ClF2N/c1-14-6-5-10(12,13)8-3-2-4-9(11)7-8/h2-4,7H,5-6H2. The first-order valence-electron chi connectivity index (χ1n) is 4.03. The largest absolute Gasteiger partial charge is 0.317 e. The molecule has 0 bridgehead atoms. The van der Waals surface area contributed by atoms with Crippen LogP contribution >= 0.6 is 11.6 Å². The monoisotopic (exact) mass is 215 g/mol. The van der Waals surface area contributed by atoms with Gasteiger partial charge < -0.3 is 4.85 Å². The second-order valence-electron chi connectivity index (χ2n) is 2.85. The van der Waals surface area contributed by atoms with Crippen molar-refractivity contribution in [2.24, 2.45) is 0 Å². The van der Waals surface area contributed by atoms with Crippen molar-refractivity contribution in [2.75, 3.05) is 6.54 Å². The molecule has 1 rings (SSSR count). The first-order valence-corrected chi connectivity index (χ1v) is 4.41. The molecule has 14 heavy (non-hydrogen) atoms. The summed E-state index contributed by atoms with van der Waals surface area (Å²) in [5.74, 6) is -2.96. The molecule has 0 fully saturated rings. The fourth-order valence-corrected chi connectivity index (χ4v) is 1.25. The smallest absolute Gasteiger partial charge is 0.280 e. The summed E-state index contributed by atoms with van der Waals surface area (Å²) in [4.78, 5) is 2.91. The van der Waals surface area contributed by atoms with Crippen molar-refractivity contribution in [3.8, 4) is 0 Å². The van der Waals surface area contributed by atoms with Gasteiger partial charge in [-0.05, 0) is 12.1 Å². The van der Waals surface area contributed by atoms with Crippen LogP contribution < -0.4 is 0 Å². The van der Waals surface area contributed by atoms with Gasteiger partial charge >= 0.3 is 0 Å². The Balaban J connectivity index is 2.87. The van der Waals surface area contributed by atoms with Crippen LogP contribution in [0.1, 0.15) is 12.0 Å². The van der Waals surface area contributed by atoms with Crippen molar-refractivity contribution in [3.05, 3.63) is 46.3 Å². The zero-order valence-corrected chi connectivity index (χ0v) is 8.06. The fourth-order valence-electron chi connectivity index (χ4n) is 1.06. The number of rotatable bonds is 3. The van der Waals surface area contributed by atoms with Gasteiger partial charge in [0, 0.05) is 10.6 Å². The molecule has 0 heterocycles. The summed E-state index contributed by atoms with van der Waals surface area (Å²) in [7, 11) is 0. The van der Waals surface area contributed by atoms with Crippen LogP contribution in [0, 0.1) is 6.57 Å². The van der Waals surface area contributed by atoms with Crippen LogP contribution in [0.3, 0.4) is 0 Å². The molecule has 0 spiro atoms. The van der Waals surface area contributed by atoms with Gasteiger partial charge in [0.25, 0.3) is 5.92 Å². The number of hydrogen-bond donors (Lipinski definition) is 0. The van der Waals surface area contributed by atoms with Crippen molar-refractivity contribution in [1.82, 2.24) is 0 Å². The van der Waals surface area contributed by atoms with Crippen LogP contribution in [-0.4, -0.2) is 6.54 Å². The zero-order chi connectivity index (χ0) is 10.6.